The van der Waals surface area contributed by atoms with E-state index in [2.05, 4.69) is 4.90 Å². The number of piperidine rings is 1. The first-order valence-electron chi connectivity index (χ1n) is 7.90. The SMILES string of the molecule is CC(N)(CCCCB(O)O)CCN1CCCC(C(=O)O)C1. The van der Waals surface area contributed by atoms with Gasteiger partial charge in [0.15, 0.2) is 0 Å². The van der Waals surface area contributed by atoms with E-state index in [1.165, 1.54) is 0 Å². The van der Waals surface area contributed by atoms with Crippen LogP contribution in [0.3, 0.4) is 0 Å². The number of nitrogens with zero attached hydrogens (tertiary/aromatic N) is 1. The number of aliphatic carboxylic acids is 1. The van der Waals surface area contributed by atoms with Gasteiger partial charge in [0.1, 0.15) is 0 Å². The molecule has 1 saturated heterocycles. The standard InChI is InChI=1S/C14H29BN2O4/c1-14(16,6-2-3-8-15(20)21)7-10-17-9-4-5-12(11-17)13(18)19/h12,20-21H,2-11,16H2,1H3,(H,18,19). The van der Waals surface area contributed by atoms with Crippen LogP contribution >= 0.6 is 0 Å². The summed E-state index contributed by atoms with van der Waals surface area (Å²) in [6.45, 7) is 4.43. The second-order valence-electron chi connectivity index (χ2n) is 6.61. The molecule has 1 fully saturated rings. The van der Waals surface area contributed by atoms with Gasteiger partial charge in [-0.25, -0.2) is 0 Å². The van der Waals surface area contributed by atoms with Crippen molar-refractivity contribution in [2.45, 2.75) is 57.3 Å². The molecule has 0 radical (unpaired) electrons. The maximum Gasteiger partial charge on any atom is 0.451 e. The zero-order chi connectivity index (χ0) is 15.9. The van der Waals surface area contributed by atoms with Crippen molar-refractivity contribution in [2.75, 3.05) is 19.6 Å². The summed E-state index contributed by atoms with van der Waals surface area (Å²) in [4.78, 5) is 13.2. The molecule has 21 heavy (non-hydrogen) atoms. The lowest BCUT2D eigenvalue weighted by Gasteiger charge is -2.33. The zero-order valence-electron chi connectivity index (χ0n) is 13.0. The Morgan fingerprint density at radius 2 is 2.10 bits per heavy atom. The van der Waals surface area contributed by atoms with Crippen molar-refractivity contribution in [3.63, 3.8) is 0 Å². The molecule has 0 bridgehead atoms. The van der Waals surface area contributed by atoms with Gasteiger partial charge in [0.25, 0.3) is 0 Å². The summed E-state index contributed by atoms with van der Waals surface area (Å²) in [5.74, 6) is -0.938. The zero-order valence-corrected chi connectivity index (χ0v) is 13.0. The summed E-state index contributed by atoms with van der Waals surface area (Å²) in [5.41, 5.74) is 6.00. The number of nitrogens with two attached hydrogens (primary N) is 1. The van der Waals surface area contributed by atoms with Crippen LogP contribution in [0.2, 0.25) is 6.32 Å². The van der Waals surface area contributed by atoms with Crippen LogP contribution in [0, 0.1) is 5.92 Å². The third kappa shape index (κ3) is 7.81. The summed E-state index contributed by atoms with van der Waals surface area (Å²) < 4.78 is 0. The predicted octanol–water partition coefficient (Wildman–Crippen LogP) is 0.534. The van der Waals surface area contributed by atoms with Crippen LogP contribution in [0.4, 0.5) is 0 Å². The third-order valence-corrected chi connectivity index (χ3v) is 4.31. The fourth-order valence-corrected chi connectivity index (χ4v) is 2.85. The van der Waals surface area contributed by atoms with Crippen LogP contribution in [-0.4, -0.2) is 58.3 Å². The minimum Gasteiger partial charge on any atom is -0.481 e. The Hall–Kier alpha value is -0.625. The molecule has 1 rings (SSSR count). The highest BCUT2D eigenvalue weighted by Gasteiger charge is 2.27. The number of carbonyl (C=O) groups is 1. The number of carboxylic acid groups (broad SMARTS) is 1. The quantitative estimate of drug-likeness (QED) is 0.365. The number of carboxylic acids is 1. The van der Waals surface area contributed by atoms with Gasteiger partial charge in [0.2, 0.25) is 0 Å². The third-order valence-electron chi connectivity index (χ3n) is 4.31. The highest BCUT2D eigenvalue weighted by Crippen LogP contribution is 2.20. The molecule has 7 heteroatoms. The van der Waals surface area contributed by atoms with Crippen molar-refractivity contribution in [1.82, 2.24) is 4.90 Å². The van der Waals surface area contributed by atoms with Gasteiger partial charge in [-0.15, -0.1) is 0 Å². The summed E-state index contributed by atoms with van der Waals surface area (Å²) in [7, 11) is -1.23. The number of hydrogen-bond acceptors (Lipinski definition) is 5. The van der Waals surface area contributed by atoms with Gasteiger partial charge < -0.3 is 25.8 Å². The summed E-state index contributed by atoms with van der Waals surface area (Å²) in [6.07, 6.45) is 5.42. The maximum absolute atomic E-state index is 11.0. The molecular weight excluding hydrogens is 271 g/mol. The van der Waals surface area contributed by atoms with Gasteiger partial charge >= 0.3 is 13.1 Å². The smallest absolute Gasteiger partial charge is 0.451 e. The summed E-state index contributed by atoms with van der Waals surface area (Å²) in [6, 6.07) is 0. The minimum absolute atomic E-state index is 0.242. The average molecular weight is 300 g/mol. The van der Waals surface area contributed by atoms with Crippen LogP contribution in [0.15, 0.2) is 0 Å². The van der Waals surface area contributed by atoms with E-state index in [-0.39, 0.29) is 11.5 Å². The molecule has 1 aliphatic heterocycles. The molecule has 0 spiro atoms. The Morgan fingerprint density at radius 1 is 1.38 bits per heavy atom. The molecule has 0 saturated carbocycles. The fraction of sp³-hybridized carbons (Fsp3) is 0.929. The van der Waals surface area contributed by atoms with Crippen molar-refractivity contribution in [3.05, 3.63) is 0 Å². The number of hydrogen-bond donors (Lipinski definition) is 4. The van der Waals surface area contributed by atoms with E-state index in [4.69, 9.17) is 20.9 Å². The Balaban J connectivity index is 2.24. The lowest BCUT2D eigenvalue weighted by atomic mass is 9.82. The van der Waals surface area contributed by atoms with Crippen LogP contribution < -0.4 is 5.73 Å². The molecule has 0 aromatic rings. The number of rotatable bonds is 9. The summed E-state index contributed by atoms with van der Waals surface area (Å²) in [5, 5.41) is 26.7. The Labute approximate surface area is 127 Å². The van der Waals surface area contributed by atoms with E-state index < -0.39 is 13.1 Å². The molecule has 1 aliphatic rings. The van der Waals surface area contributed by atoms with Crippen molar-refractivity contribution in [3.8, 4) is 0 Å². The number of likely N-dealkylation sites (tertiary alicyclic amines) is 1. The first-order chi connectivity index (χ1) is 9.80. The summed E-state index contributed by atoms with van der Waals surface area (Å²) >= 11 is 0. The van der Waals surface area contributed by atoms with Gasteiger partial charge in [-0.1, -0.05) is 12.8 Å². The van der Waals surface area contributed by atoms with Crippen LogP contribution in [-0.2, 0) is 4.79 Å². The first-order valence-corrected chi connectivity index (χ1v) is 7.90. The van der Waals surface area contributed by atoms with Gasteiger partial charge in [0, 0.05) is 12.1 Å². The van der Waals surface area contributed by atoms with Gasteiger partial charge in [-0.05, 0) is 52.0 Å². The van der Waals surface area contributed by atoms with Crippen molar-refractivity contribution in [2.24, 2.45) is 11.7 Å². The molecular formula is C14H29BN2O4. The monoisotopic (exact) mass is 300 g/mol. The topological polar surface area (TPSA) is 107 Å². The van der Waals surface area contributed by atoms with E-state index in [1.807, 2.05) is 6.92 Å². The van der Waals surface area contributed by atoms with Crippen molar-refractivity contribution in [1.29, 1.82) is 0 Å². The average Bonchev–Trinajstić information content (AvgIpc) is 2.42. The van der Waals surface area contributed by atoms with Gasteiger partial charge in [-0.2, -0.15) is 0 Å². The molecule has 2 atom stereocenters. The molecule has 0 aromatic carbocycles. The largest absolute Gasteiger partial charge is 0.481 e. The van der Waals surface area contributed by atoms with Crippen LogP contribution in [0.1, 0.15) is 45.4 Å². The highest BCUT2D eigenvalue weighted by atomic mass is 16.4. The van der Waals surface area contributed by atoms with E-state index in [0.29, 0.717) is 12.9 Å². The Bertz CT molecular complexity index is 326. The van der Waals surface area contributed by atoms with Crippen molar-refractivity contribution < 1.29 is 19.9 Å². The maximum atomic E-state index is 11.0. The van der Waals surface area contributed by atoms with E-state index in [1.54, 1.807) is 0 Å². The molecule has 6 nitrogen and oxygen atoms in total. The first kappa shape index (κ1) is 18.4. The molecule has 0 amide bonds. The minimum atomic E-state index is -1.23. The lowest BCUT2D eigenvalue weighted by molar-refractivity contribution is -0.143. The molecule has 2 unspecified atom stereocenters. The fourth-order valence-electron chi connectivity index (χ4n) is 2.85. The normalized spacial score (nSPS) is 22.8. The molecule has 1 heterocycles. The Morgan fingerprint density at radius 3 is 2.71 bits per heavy atom. The predicted molar refractivity (Wildman–Crippen MR) is 82.9 cm³/mol. The van der Waals surface area contributed by atoms with E-state index >= 15 is 0 Å². The molecule has 5 N–H and O–H groups in total. The van der Waals surface area contributed by atoms with Crippen molar-refractivity contribution >= 4 is 13.1 Å². The molecule has 0 aliphatic carbocycles. The van der Waals surface area contributed by atoms with Crippen LogP contribution in [0.25, 0.3) is 0 Å². The van der Waals surface area contributed by atoms with E-state index in [9.17, 15) is 4.79 Å². The number of unbranched alkanes of at least 4 members (excludes halogenated alkanes) is 1. The van der Waals surface area contributed by atoms with Gasteiger partial charge in [0.05, 0.1) is 5.92 Å². The molecule has 122 valence electrons. The second-order valence-corrected chi connectivity index (χ2v) is 6.61. The molecule has 0 aromatic heterocycles. The highest BCUT2D eigenvalue weighted by molar-refractivity contribution is 6.40. The van der Waals surface area contributed by atoms with E-state index in [0.717, 1.165) is 51.6 Å². The lowest BCUT2D eigenvalue weighted by Crippen LogP contribution is -2.44. The Kier molecular flexibility index (Phi) is 7.66. The van der Waals surface area contributed by atoms with Gasteiger partial charge in [-0.3, -0.25) is 4.79 Å². The second kappa shape index (κ2) is 8.73. The van der Waals surface area contributed by atoms with Crippen LogP contribution in [0.5, 0.6) is 0 Å².